The molecule has 0 aliphatic carbocycles. The lowest BCUT2D eigenvalue weighted by Crippen LogP contribution is -2.15. The monoisotopic (exact) mass is 208 g/mol. The van der Waals surface area contributed by atoms with Crippen LogP contribution in [0.4, 0.5) is 0 Å². The van der Waals surface area contributed by atoms with Crippen molar-refractivity contribution in [3.8, 4) is 5.75 Å². The number of ether oxygens (including phenoxy) is 1. The number of carbonyl (C=O) groups excluding carboxylic acids is 1. The van der Waals surface area contributed by atoms with Crippen molar-refractivity contribution in [1.82, 2.24) is 0 Å². The summed E-state index contributed by atoms with van der Waals surface area (Å²) in [6.45, 7) is 1.89. The number of ketones is 1. The highest BCUT2D eigenvalue weighted by Crippen LogP contribution is 2.20. The smallest absolute Gasteiger partial charge is 0.372 e. The minimum Gasteiger partial charge on any atom is -0.496 e. The lowest BCUT2D eigenvalue weighted by Gasteiger charge is -2.07. The van der Waals surface area contributed by atoms with Crippen molar-refractivity contribution >= 4 is 11.8 Å². The Morgan fingerprint density at radius 3 is 2.60 bits per heavy atom. The fourth-order valence-corrected chi connectivity index (χ4v) is 1.25. The topological polar surface area (TPSA) is 63.6 Å². The lowest BCUT2D eigenvalue weighted by atomic mass is 10.1. The Balaban J connectivity index is 2.94. The molecule has 1 aromatic rings. The van der Waals surface area contributed by atoms with Gasteiger partial charge in [0.2, 0.25) is 5.78 Å². The minimum absolute atomic E-state index is 0.140. The average Bonchev–Trinajstić information content (AvgIpc) is 2.20. The van der Waals surface area contributed by atoms with E-state index in [1.165, 1.54) is 7.11 Å². The molecule has 1 N–H and O–H groups in total. The van der Waals surface area contributed by atoms with Crippen LogP contribution in [0.15, 0.2) is 18.2 Å². The summed E-state index contributed by atoms with van der Waals surface area (Å²) in [5.41, 5.74) is 1.59. The van der Waals surface area contributed by atoms with Crippen LogP contribution in [0.1, 0.15) is 11.1 Å². The van der Waals surface area contributed by atoms with Gasteiger partial charge in [0.1, 0.15) is 5.75 Å². The number of carboxylic acids is 1. The van der Waals surface area contributed by atoms with Gasteiger partial charge < -0.3 is 9.84 Å². The van der Waals surface area contributed by atoms with Crippen LogP contribution >= 0.6 is 0 Å². The molecule has 0 bridgehead atoms. The number of hydrogen-bond acceptors (Lipinski definition) is 3. The van der Waals surface area contributed by atoms with Gasteiger partial charge in [-0.2, -0.15) is 0 Å². The van der Waals surface area contributed by atoms with Crippen LogP contribution in [0.5, 0.6) is 5.75 Å². The van der Waals surface area contributed by atoms with Gasteiger partial charge in [-0.15, -0.1) is 0 Å². The molecule has 0 aliphatic rings. The zero-order valence-electron chi connectivity index (χ0n) is 8.61. The quantitative estimate of drug-likeness (QED) is 0.755. The van der Waals surface area contributed by atoms with Crippen LogP contribution in [0.2, 0.25) is 0 Å². The van der Waals surface area contributed by atoms with E-state index >= 15 is 0 Å². The molecule has 0 saturated heterocycles. The van der Waals surface area contributed by atoms with Crippen molar-refractivity contribution in [1.29, 1.82) is 0 Å². The maximum atomic E-state index is 11.0. The van der Waals surface area contributed by atoms with Crippen LogP contribution in [0.3, 0.4) is 0 Å². The Bertz CT molecular complexity index is 396. The Morgan fingerprint density at radius 2 is 2.07 bits per heavy atom. The number of rotatable bonds is 4. The van der Waals surface area contributed by atoms with E-state index < -0.39 is 11.8 Å². The summed E-state index contributed by atoms with van der Waals surface area (Å²) in [6, 6.07) is 5.28. The number of benzene rings is 1. The SMILES string of the molecule is COc1cc(C)ccc1CC(=O)C(=O)O. The Kier molecular flexibility index (Phi) is 3.44. The number of aryl methyl sites for hydroxylation is 1. The average molecular weight is 208 g/mol. The van der Waals surface area contributed by atoms with Crippen LogP contribution in [-0.2, 0) is 16.0 Å². The van der Waals surface area contributed by atoms with Gasteiger partial charge in [-0.05, 0) is 18.6 Å². The number of methoxy groups -OCH3 is 1. The van der Waals surface area contributed by atoms with Crippen molar-refractivity contribution in [2.45, 2.75) is 13.3 Å². The third-order valence-corrected chi connectivity index (χ3v) is 2.03. The fraction of sp³-hybridized carbons (Fsp3) is 0.273. The molecule has 0 heterocycles. The zero-order chi connectivity index (χ0) is 11.4. The first-order chi connectivity index (χ1) is 7.04. The number of carboxylic acid groups (broad SMARTS) is 1. The normalized spacial score (nSPS) is 9.73. The summed E-state index contributed by atoms with van der Waals surface area (Å²) in [5.74, 6) is -1.71. The Labute approximate surface area is 87.5 Å². The molecular weight excluding hydrogens is 196 g/mol. The van der Waals surface area contributed by atoms with Crippen LogP contribution in [0, 0.1) is 6.92 Å². The molecule has 1 aromatic carbocycles. The van der Waals surface area contributed by atoms with Gasteiger partial charge in [0.05, 0.1) is 7.11 Å². The van der Waals surface area contributed by atoms with E-state index in [0.29, 0.717) is 11.3 Å². The van der Waals surface area contributed by atoms with Crippen molar-refractivity contribution in [3.63, 3.8) is 0 Å². The zero-order valence-corrected chi connectivity index (χ0v) is 8.61. The summed E-state index contributed by atoms with van der Waals surface area (Å²) < 4.78 is 5.06. The minimum atomic E-state index is -1.42. The molecule has 4 nitrogen and oxygen atoms in total. The third kappa shape index (κ3) is 2.80. The molecule has 0 spiro atoms. The van der Waals surface area contributed by atoms with Crippen molar-refractivity contribution in [3.05, 3.63) is 29.3 Å². The van der Waals surface area contributed by atoms with Gasteiger partial charge in [0, 0.05) is 12.0 Å². The molecule has 0 aromatic heterocycles. The number of Topliss-reactive ketones (excluding diaryl/α,β-unsaturated/α-hetero) is 1. The van der Waals surface area contributed by atoms with E-state index in [1.54, 1.807) is 12.1 Å². The summed E-state index contributed by atoms with van der Waals surface area (Å²) in [7, 11) is 1.49. The van der Waals surface area contributed by atoms with E-state index in [2.05, 4.69) is 0 Å². The molecule has 0 radical (unpaired) electrons. The highest BCUT2D eigenvalue weighted by Gasteiger charge is 2.14. The molecule has 80 valence electrons. The predicted octanol–water partition coefficient (Wildman–Crippen LogP) is 1.20. The summed E-state index contributed by atoms with van der Waals surface area (Å²) >= 11 is 0. The number of hydrogen-bond donors (Lipinski definition) is 1. The van der Waals surface area contributed by atoms with Gasteiger partial charge in [0.15, 0.2) is 0 Å². The first-order valence-electron chi connectivity index (χ1n) is 4.44. The molecular formula is C11H12O4. The molecule has 0 fully saturated rings. The molecule has 1 rings (SSSR count). The Hall–Kier alpha value is -1.84. The van der Waals surface area contributed by atoms with Gasteiger partial charge in [-0.3, -0.25) is 4.79 Å². The Morgan fingerprint density at radius 1 is 1.40 bits per heavy atom. The lowest BCUT2D eigenvalue weighted by molar-refractivity contribution is -0.148. The highest BCUT2D eigenvalue weighted by molar-refractivity contribution is 6.33. The van der Waals surface area contributed by atoms with Gasteiger partial charge in [-0.25, -0.2) is 4.79 Å². The molecule has 15 heavy (non-hydrogen) atoms. The van der Waals surface area contributed by atoms with E-state index in [4.69, 9.17) is 9.84 Å². The third-order valence-electron chi connectivity index (χ3n) is 2.03. The van der Waals surface area contributed by atoms with Crippen LogP contribution < -0.4 is 4.74 Å². The molecule has 0 amide bonds. The van der Waals surface area contributed by atoms with Crippen LogP contribution in [0.25, 0.3) is 0 Å². The molecule has 4 heteroatoms. The van der Waals surface area contributed by atoms with Crippen molar-refractivity contribution in [2.24, 2.45) is 0 Å². The standard InChI is InChI=1S/C11H12O4/c1-7-3-4-8(10(5-7)15-2)6-9(12)11(13)14/h3-5H,6H2,1-2H3,(H,13,14). The second-order valence-corrected chi connectivity index (χ2v) is 3.22. The van der Waals surface area contributed by atoms with E-state index in [0.717, 1.165) is 5.56 Å². The molecule has 0 aliphatic heterocycles. The molecule has 0 atom stereocenters. The summed E-state index contributed by atoms with van der Waals surface area (Å²) in [6.07, 6.45) is -0.140. The van der Waals surface area contributed by atoms with Crippen LogP contribution in [-0.4, -0.2) is 24.0 Å². The second-order valence-electron chi connectivity index (χ2n) is 3.22. The van der Waals surface area contributed by atoms with E-state index in [9.17, 15) is 9.59 Å². The van der Waals surface area contributed by atoms with E-state index in [-0.39, 0.29) is 6.42 Å². The maximum absolute atomic E-state index is 11.0. The first kappa shape index (κ1) is 11.2. The van der Waals surface area contributed by atoms with E-state index in [1.807, 2.05) is 13.0 Å². The van der Waals surface area contributed by atoms with Gasteiger partial charge in [-0.1, -0.05) is 12.1 Å². The van der Waals surface area contributed by atoms with Crippen molar-refractivity contribution < 1.29 is 19.4 Å². The maximum Gasteiger partial charge on any atom is 0.372 e. The summed E-state index contributed by atoms with van der Waals surface area (Å²) in [4.78, 5) is 21.4. The largest absolute Gasteiger partial charge is 0.496 e. The fourth-order valence-electron chi connectivity index (χ4n) is 1.25. The first-order valence-corrected chi connectivity index (χ1v) is 4.44. The van der Waals surface area contributed by atoms with Gasteiger partial charge in [0.25, 0.3) is 0 Å². The van der Waals surface area contributed by atoms with Gasteiger partial charge >= 0.3 is 5.97 Å². The second kappa shape index (κ2) is 4.59. The predicted molar refractivity (Wildman–Crippen MR) is 54.1 cm³/mol. The number of aliphatic carboxylic acids is 1. The number of carbonyl (C=O) groups is 2. The highest BCUT2D eigenvalue weighted by atomic mass is 16.5. The van der Waals surface area contributed by atoms with Crippen molar-refractivity contribution in [2.75, 3.05) is 7.11 Å². The molecule has 0 unspecified atom stereocenters. The summed E-state index contributed by atoms with van der Waals surface area (Å²) in [5, 5.41) is 8.47. The molecule has 0 saturated carbocycles.